The molecular weight excluding hydrogens is 274 g/mol. The molecule has 0 radical (unpaired) electrons. The molecule has 2 aliphatic rings. The summed E-state index contributed by atoms with van der Waals surface area (Å²) in [5, 5.41) is 3.21. The Balaban J connectivity index is 1.67. The molecule has 2 atom stereocenters. The maximum Gasteiger partial charge on any atom is 0.193 e. The van der Waals surface area contributed by atoms with Crippen LogP contribution in [0.1, 0.15) is 44.6 Å². The first-order valence-electron chi connectivity index (χ1n) is 8.42. The molecule has 2 fully saturated rings. The molecule has 0 aliphatic heterocycles. The molecule has 1 spiro atoms. The zero-order chi connectivity index (χ0) is 15.6. The van der Waals surface area contributed by atoms with E-state index in [1.165, 1.54) is 31.2 Å². The normalized spacial score (nSPS) is 26.9. The van der Waals surface area contributed by atoms with Crippen LogP contribution < -0.4 is 11.1 Å². The van der Waals surface area contributed by atoms with Crippen molar-refractivity contribution in [2.24, 2.45) is 16.1 Å². The molecule has 1 aromatic carbocycles. The zero-order valence-corrected chi connectivity index (χ0v) is 13.6. The van der Waals surface area contributed by atoms with Crippen molar-refractivity contribution >= 4 is 11.6 Å². The Morgan fingerprint density at radius 2 is 2.00 bits per heavy atom. The van der Waals surface area contributed by atoms with Crippen LogP contribution in [0.15, 0.2) is 29.3 Å². The van der Waals surface area contributed by atoms with E-state index in [9.17, 15) is 0 Å². The number of rotatable bonds is 4. The van der Waals surface area contributed by atoms with Crippen LogP contribution in [0.2, 0.25) is 0 Å². The third-order valence-corrected chi connectivity index (χ3v) is 5.26. The van der Waals surface area contributed by atoms with E-state index in [2.05, 4.69) is 31.3 Å². The van der Waals surface area contributed by atoms with Crippen LogP contribution in [0, 0.1) is 12.3 Å². The summed E-state index contributed by atoms with van der Waals surface area (Å²) in [7, 11) is 0. The predicted molar refractivity (Wildman–Crippen MR) is 91.1 cm³/mol. The molecule has 120 valence electrons. The highest BCUT2D eigenvalue weighted by molar-refractivity contribution is 5.92. The molecule has 2 saturated carbocycles. The van der Waals surface area contributed by atoms with Gasteiger partial charge in [0, 0.05) is 17.7 Å². The third-order valence-electron chi connectivity index (χ3n) is 5.26. The highest BCUT2D eigenvalue weighted by Gasteiger charge is 2.56. The number of hydrogen-bond acceptors (Lipinski definition) is 2. The number of hydrogen-bond donors (Lipinski definition) is 2. The Kier molecular flexibility index (Phi) is 4.39. The fourth-order valence-electron chi connectivity index (χ4n) is 4.02. The van der Waals surface area contributed by atoms with Crippen LogP contribution in [-0.4, -0.2) is 24.7 Å². The van der Waals surface area contributed by atoms with Gasteiger partial charge in [-0.25, -0.2) is 4.99 Å². The number of nitrogens with one attached hydrogen (secondary N) is 1. The smallest absolute Gasteiger partial charge is 0.193 e. The number of nitrogens with zero attached hydrogens (tertiary/aromatic N) is 1. The van der Waals surface area contributed by atoms with Gasteiger partial charge in [-0.2, -0.15) is 0 Å². The van der Waals surface area contributed by atoms with Crippen LogP contribution in [0.4, 0.5) is 5.69 Å². The summed E-state index contributed by atoms with van der Waals surface area (Å²) in [4.78, 5) is 4.77. The van der Waals surface area contributed by atoms with E-state index < -0.39 is 0 Å². The summed E-state index contributed by atoms with van der Waals surface area (Å²) in [6.45, 7) is 4.94. The van der Waals surface area contributed by atoms with E-state index in [1.54, 1.807) is 0 Å². The molecule has 3 rings (SSSR count). The molecular formula is C18H27N3O. The van der Waals surface area contributed by atoms with Crippen molar-refractivity contribution in [1.29, 1.82) is 0 Å². The maximum atomic E-state index is 6.12. The largest absolute Gasteiger partial charge is 0.378 e. The first-order valence-corrected chi connectivity index (χ1v) is 8.42. The Bertz CT molecular complexity index is 532. The van der Waals surface area contributed by atoms with Gasteiger partial charge in [-0.05, 0) is 45.2 Å². The van der Waals surface area contributed by atoms with Crippen molar-refractivity contribution in [2.45, 2.75) is 58.1 Å². The van der Waals surface area contributed by atoms with Gasteiger partial charge in [-0.3, -0.25) is 0 Å². The molecule has 0 amide bonds. The minimum absolute atomic E-state index is 0.246. The second-order valence-corrected chi connectivity index (χ2v) is 6.64. The SMILES string of the molecule is CCOC1CC(N=C(N)Nc2ccc(C)cc2)C12CCCC2. The summed E-state index contributed by atoms with van der Waals surface area (Å²) in [6.07, 6.45) is 6.42. The van der Waals surface area contributed by atoms with Gasteiger partial charge < -0.3 is 15.8 Å². The number of aryl methyl sites for hydroxylation is 1. The topological polar surface area (TPSA) is 59.6 Å². The van der Waals surface area contributed by atoms with Crippen molar-refractivity contribution in [3.8, 4) is 0 Å². The van der Waals surface area contributed by atoms with Crippen LogP contribution in [0.3, 0.4) is 0 Å². The number of ether oxygens (including phenoxy) is 1. The average Bonchev–Trinajstić information content (AvgIpc) is 3.01. The summed E-state index contributed by atoms with van der Waals surface area (Å²) < 4.78 is 5.93. The second kappa shape index (κ2) is 6.29. The standard InChI is InChI=1S/C18H27N3O/c1-3-22-16-12-15(18(16)10-4-5-11-18)21-17(19)20-14-8-6-13(2)7-9-14/h6-9,15-16H,3-5,10-12H2,1-2H3,(H3,19,20,21). The van der Waals surface area contributed by atoms with E-state index in [-0.39, 0.29) is 5.41 Å². The number of aliphatic imine (C=N–C) groups is 1. The third kappa shape index (κ3) is 2.84. The lowest BCUT2D eigenvalue weighted by Gasteiger charge is -2.52. The molecule has 22 heavy (non-hydrogen) atoms. The molecule has 1 aromatic rings. The van der Waals surface area contributed by atoms with Crippen LogP contribution >= 0.6 is 0 Å². The fraction of sp³-hybridized carbons (Fsp3) is 0.611. The number of anilines is 1. The number of nitrogens with two attached hydrogens (primary N) is 1. The first-order chi connectivity index (χ1) is 10.6. The van der Waals surface area contributed by atoms with Gasteiger partial charge in [-0.15, -0.1) is 0 Å². The van der Waals surface area contributed by atoms with Gasteiger partial charge in [0.05, 0.1) is 12.1 Å². The summed E-state index contributed by atoms with van der Waals surface area (Å²) >= 11 is 0. The predicted octanol–water partition coefficient (Wildman–Crippen LogP) is 3.46. The Labute approximate surface area is 133 Å². The fourth-order valence-corrected chi connectivity index (χ4v) is 4.02. The van der Waals surface area contributed by atoms with Crippen molar-refractivity contribution < 1.29 is 4.74 Å². The van der Waals surface area contributed by atoms with E-state index in [0.717, 1.165) is 18.7 Å². The lowest BCUT2D eigenvalue weighted by molar-refractivity contribution is -0.119. The second-order valence-electron chi connectivity index (χ2n) is 6.64. The van der Waals surface area contributed by atoms with Gasteiger partial charge >= 0.3 is 0 Å². The Morgan fingerprint density at radius 3 is 2.64 bits per heavy atom. The van der Waals surface area contributed by atoms with E-state index >= 15 is 0 Å². The van der Waals surface area contributed by atoms with Crippen molar-refractivity contribution in [3.63, 3.8) is 0 Å². The van der Waals surface area contributed by atoms with Crippen molar-refractivity contribution in [1.82, 2.24) is 0 Å². The van der Waals surface area contributed by atoms with E-state index in [4.69, 9.17) is 15.5 Å². The van der Waals surface area contributed by atoms with Gasteiger partial charge in [0.15, 0.2) is 5.96 Å². The highest BCUT2D eigenvalue weighted by atomic mass is 16.5. The molecule has 2 aliphatic carbocycles. The first kappa shape index (κ1) is 15.3. The molecule has 0 aromatic heterocycles. The molecule has 2 unspecified atom stereocenters. The Hall–Kier alpha value is -1.55. The molecule has 3 N–H and O–H groups in total. The van der Waals surface area contributed by atoms with Gasteiger partial charge in [0.25, 0.3) is 0 Å². The van der Waals surface area contributed by atoms with Crippen molar-refractivity contribution in [2.75, 3.05) is 11.9 Å². The van der Waals surface area contributed by atoms with E-state index in [1.807, 2.05) is 12.1 Å². The van der Waals surface area contributed by atoms with E-state index in [0.29, 0.717) is 18.1 Å². The monoisotopic (exact) mass is 301 g/mol. The molecule has 0 saturated heterocycles. The molecule has 4 heteroatoms. The molecule has 4 nitrogen and oxygen atoms in total. The number of benzene rings is 1. The average molecular weight is 301 g/mol. The lowest BCUT2D eigenvalue weighted by Crippen LogP contribution is -2.56. The zero-order valence-electron chi connectivity index (χ0n) is 13.6. The summed E-state index contributed by atoms with van der Waals surface area (Å²) in [5.74, 6) is 0.523. The lowest BCUT2D eigenvalue weighted by atomic mass is 9.61. The van der Waals surface area contributed by atoms with Gasteiger partial charge in [0.1, 0.15) is 0 Å². The van der Waals surface area contributed by atoms with Crippen LogP contribution in [0.5, 0.6) is 0 Å². The van der Waals surface area contributed by atoms with Crippen molar-refractivity contribution in [3.05, 3.63) is 29.8 Å². The number of guanidine groups is 1. The van der Waals surface area contributed by atoms with Crippen LogP contribution in [0.25, 0.3) is 0 Å². The minimum Gasteiger partial charge on any atom is -0.378 e. The van der Waals surface area contributed by atoms with Gasteiger partial charge in [-0.1, -0.05) is 30.5 Å². The highest BCUT2D eigenvalue weighted by Crippen LogP contribution is 2.56. The maximum absolute atomic E-state index is 6.12. The Morgan fingerprint density at radius 1 is 1.32 bits per heavy atom. The van der Waals surface area contributed by atoms with Crippen LogP contribution in [-0.2, 0) is 4.74 Å². The minimum atomic E-state index is 0.246. The summed E-state index contributed by atoms with van der Waals surface area (Å²) in [5.41, 5.74) is 8.60. The quantitative estimate of drug-likeness (QED) is 0.661. The molecule has 0 heterocycles. The molecule has 0 bridgehead atoms. The van der Waals surface area contributed by atoms with Gasteiger partial charge in [0.2, 0.25) is 0 Å². The summed E-state index contributed by atoms with van der Waals surface area (Å²) in [6, 6.07) is 8.52.